The Balaban J connectivity index is 1.80. The van der Waals surface area contributed by atoms with Crippen molar-refractivity contribution in [3.05, 3.63) is 23.8 Å². The van der Waals surface area contributed by atoms with Crippen LogP contribution in [0.1, 0.15) is 31.3 Å². The van der Waals surface area contributed by atoms with Crippen LogP contribution in [-0.4, -0.2) is 68.3 Å². The molecule has 2 amide bonds. The fraction of sp³-hybridized carbons (Fsp3) is 0.619. The molecule has 1 atom stereocenters. The number of halogens is 5. The summed E-state index contributed by atoms with van der Waals surface area (Å²) in [5.41, 5.74) is 5.07. The Morgan fingerprint density at radius 1 is 1.30 bits per heavy atom. The standard InChI is InChI=1S/C21H27F5N4O3/c22-19(23)15-8-14(30-6-7-33-11-18(30)31)4-5-16(15)28-20(32)17(9-27)29(12-21(24,25)26)10-13-2-1-3-13/h4-5,8,13,17,19H,1-3,6-7,9-12,27H2,(H,28,32)/t17-/m1/s1. The van der Waals surface area contributed by atoms with E-state index < -0.39 is 43.2 Å². The van der Waals surface area contributed by atoms with Gasteiger partial charge in [0.2, 0.25) is 5.91 Å². The van der Waals surface area contributed by atoms with Gasteiger partial charge in [0.1, 0.15) is 12.6 Å². The lowest BCUT2D eigenvalue weighted by atomic mass is 9.85. The van der Waals surface area contributed by atoms with Crippen LogP contribution in [0.25, 0.3) is 0 Å². The molecule has 2 fully saturated rings. The lowest BCUT2D eigenvalue weighted by Gasteiger charge is -2.36. The molecule has 1 saturated heterocycles. The van der Waals surface area contributed by atoms with Gasteiger partial charge in [0.05, 0.1) is 13.2 Å². The number of carbonyl (C=O) groups is 2. The molecule has 0 aromatic heterocycles. The highest BCUT2D eigenvalue weighted by Gasteiger charge is 2.38. The van der Waals surface area contributed by atoms with Gasteiger partial charge in [-0.1, -0.05) is 6.42 Å². The van der Waals surface area contributed by atoms with Crippen LogP contribution >= 0.6 is 0 Å². The van der Waals surface area contributed by atoms with Gasteiger partial charge in [-0.3, -0.25) is 14.5 Å². The molecule has 2 aliphatic rings. The number of benzene rings is 1. The van der Waals surface area contributed by atoms with Crippen molar-refractivity contribution in [2.45, 2.75) is 37.9 Å². The summed E-state index contributed by atoms with van der Waals surface area (Å²) in [7, 11) is 0. The fourth-order valence-corrected chi connectivity index (χ4v) is 3.98. The number of anilines is 2. The molecule has 1 heterocycles. The molecule has 3 N–H and O–H groups in total. The monoisotopic (exact) mass is 478 g/mol. The average molecular weight is 478 g/mol. The first-order chi connectivity index (χ1) is 15.6. The van der Waals surface area contributed by atoms with E-state index in [0.717, 1.165) is 30.2 Å². The Bertz CT molecular complexity index is 848. The minimum absolute atomic E-state index is 0.0381. The van der Waals surface area contributed by atoms with E-state index >= 15 is 0 Å². The van der Waals surface area contributed by atoms with Crippen LogP contribution in [0.3, 0.4) is 0 Å². The predicted molar refractivity (Wildman–Crippen MR) is 111 cm³/mol. The maximum absolute atomic E-state index is 13.7. The Kier molecular flexibility index (Phi) is 8.24. The SMILES string of the molecule is NC[C@H](C(=O)Nc1ccc(N2CCOCC2=O)cc1C(F)F)N(CC1CCC1)CC(F)(F)F. The molecular formula is C21H27F5N4O3. The number of hydrogen-bond acceptors (Lipinski definition) is 5. The molecule has 12 heteroatoms. The minimum atomic E-state index is -4.54. The molecule has 0 bridgehead atoms. The summed E-state index contributed by atoms with van der Waals surface area (Å²) < 4.78 is 71.9. The molecule has 1 aliphatic heterocycles. The number of rotatable bonds is 9. The van der Waals surface area contributed by atoms with Gasteiger partial charge in [-0.05, 0) is 37.0 Å². The van der Waals surface area contributed by atoms with Crippen molar-refractivity contribution in [3.8, 4) is 0 Å². The van der Waals surface area contributed by atoms with E-state index in [1.165, 1.54) is 17.0 Å². The molecule has 0 radical (unpaired) electrons. The van der Waals surface area contributed by atoms with Crippen molar-refractivity contribution < 1.29 is 36.3 Å². The predicted octanol–water partition coefficient (Wildman–Crippen LogP) is 2.92. The highest BCUT2D eigenvalue weighted by molar-refractivity contribution is 5.97. The van der Waals surface area contributed by atoms with E-state index in [-0.39, 0.29) is 49.5 Å². The third kappa shape index (κ3) is 6.61. The number of nitrogens with zero attached hydrogens (tertiary/aromatic N) is 2. The van der Waals surface area contributed by atoms with E-state index in [2.05, 4.69) is 5.32 Å². The van der Waals surface area contributed by atoms with Crippen molar-refractivity contribution in [3.63, 3.8) is 0 Å². The number of ether oxygens (including phenoxy) is 1. The van der Waals surface area contributed by atoms with Gasteiger partial charge in [0.25, 0.3) is 12.3 Å². The molecule has 184 valence electrons. The summed E-state index contributed by atoms with van der Waals surface area (Å²) in [5.74, 6) is -1.24. The molecule has 3 rings (SSSR count). The second-order valence-corrected chi connectivity index (χ2v) is 8.25. The molecule has 1 aromatic rings. The molecular weight excluding hydrogens is 451 g/mol. The number of amides is 2. The smallest absolute Gasteiger partial charge is 0.370 e. The number of nitrogens with one attached hydrogen (secondary N) is 1. The third-order valence-electron chi connectivity index (χ3n) is 5.89. The lowest BCUT2D eigenvalue weighted by molar-refractivity contribution is -0.155. The maximum atomic E-state index is 13.7. The summed E-state index contributed by atoms with van der Waals surface area (Å²) in [4.78, 5) is 27.1. The topological polar surface area (TPSA) is 87.9 Å². The van der Waals surface area contributed by atoms with Crippen molar-refractivity contribution in [2.24, 2.45) is 11.7 Å². The first-order valence-corrected chi connectivity index (χ1v) is 10.7. The quantitative estimate of drug-likeness (QED) is 0.533. The Morgan fingerprint density at radius 2 is 2.03 bits per heavy atom. The summed E-state index contributed by atoms with van der Waals surface area (Å²) in [6, 6.07) is 2.36. The van der Waals surface area contributed by atoms with Gasteiger partial charge in [0.15, 0.2) is 0 Å². The zero-order chi connectivity index (χ0) is 24.2. The number of morpholine rings is 1. The van der Waals surface area contributed by atoms with E-state index in [1.807, 2.05) is 0 Å². The Morgan fingerprint density at radius 3 is 2.58 bits per heavy atom. The van der Waals surface area contributed by atoms with Crippen molar-refractivity contribution in [2.75, 3.05) is 49.6 Å². The largest absolute Gasteiger partial charge is 0.401 e. The van der Waals surface area contributed by atoms with E-state index in [1.54, 1.807) is 0 Å². The van der Waals surface area contributed by atoms with Crippen molar-refractivity contribution in [1.82, 2.24) is 4.90 Å². The van der Waals surface area contributed by atoms with Crippen LogP contribution in [0.2, 0.25) is 0 Å². The molecule has 7 nitrogen and oxygen atoms in total. The lowest BCUT2D eigenvalue weighted by Crippen LogP contribution is -2.53. The molecule has 1 saturated carbocycles. The van der Waals surface area contributed by atoms with Crippen LogP contribution in [0.4, 0.5) is 33.3 Å². The summed E-state index contributed by atoms with van der Waals surface area (Å²) in [6.07, 6.45) is -5.08. The van der Waals surface area contributed by atoms with Crippen molar-refractivity contribution in [1.29, 1.82) is 0 Å². The normalized spacial score (nSPS) is 18.5. The minimum Gasteiger partial charge on any atom is -0.370 e. The van der Waals surface area contributed by atoms with Gasteiger partial charge < -0.3 is 20.7 Å². The number of alkyl halides is 5. The highest BCUT2D eigenvalue weighted by atomic mass is 19.4. The van der Waals surface area contributed by atoms with E-state index in [9.17, 15) is 31.5 Å². The third-order valence-corrected chi connectivity index (χ3v) is 5.89. The molecule has 0 unspecified atom stereocenters. The van der Waals surface area contributed by atoms with Crippen LogP contribution in [0.15, 0.2) is 18.2 Å². The second-order valence-electron chi connectivity index (χ2n) is 8.25. The maximum Gasteiger partial charge on any atom is 0.401 e. The number of nitrogens with two attached hydrogens (primary N) is 1. The van der Waals surface area contributed by atoms with E-state index in [4.69, 9.17) is 10.5 Å². The molecule has 0 spiro atoms. The number of hydrogen-bond donors (Lipinski definition) is 2. The summed E-state index contributed by atoms with van der Waals surface area (Å²) >= 11 is 0. The molecule has 1 aliphatic carbocycles. The number of carbonyl (C=O) groups excluding carboxylic acids is 2. The molecule has 1 aromatic carbocycles. The van der Waals surface area contributed by atoms with Crippen LogP contribution in [0.5, 0.6) is 0 Å². The van der Waals surface area contributed by atoms with Gasteiger partial charge in [-0.25, -0.2) is 8.78 Å². The van der Waals surface area contributed by atoms with E-state index in [0.29, 0.717) is 0 Å². The van der Waals surface area contributed by atoms with Gasteiger partial charge in [-0.15, -0.1) is 0 Å². The second kappa shape index (κ2) is 10.7. The van der Waals surface area contributed by atoms with Crippen molar-refractivity contribution >= 4 is 23.2 Å². The highest BCUT2D eigenvalue weighted by Crippen LogP contribution is 2.33. The first kappa shape index (κ1) is 25.3. The first-order valence-electron chi connectivity index (χ1n) is 10.7. The van der Waals surface area contributed by atoms with Gasteiger partial charge in [-0.2, -0.15) is 13.2 Å². The average Bonchev–Trinajstić information content (AvgIpc) is 2.70. The Labute approximate surface area is 188 Å². The van der Waals surface area contributed by atoms with Gasteiger partial charge >= 0.3 is 6.18 Å². The fourth-order valence-electron chi connectivity index (χ4n) is 3.98. The summed E-state index contributed by atoms with van der Waals surface area (Å²) in [5, 5.41) is 2.32. The summed E-state index contributed by atoms with van der Waals surface area (Å²) in [6.45, 7) is -1.40. The van der Waals surface area contributed by atoms with Crippen LogP contribution < -0.4 is 16.0 Å². The van der Waals surface area contributed by atoms with Crippen LogP contribution in [-0.2, 0) is 14.3 Å². The zero-order valence-electron chi connectivity index (χ0n) is 17.9. The van der Waals surface area contributed by atoms with Crippen LogP contribution in [0, 0.1) is 5.92 Å². The van der Waals surface area contributed by atoms with Gasteiger partial charge in [0, 0.05) is 36.6 Å². The zero-order valence-corrected chi connectivity index (χ0v) is 17.9. The molecule has 33 heavy (non-hydrogen) atoms. The Hall–Kier alpha value is -2.31.